The van der Waals surface area contributed by atoms with Gasteiger partial charge in [0.2, 0.25) is 11.8 Å². The van der Waals surface area contributed by atoms with Gasteiger partial charge >= 0.3 is 0 Å². The molecule has 0 bridgehead atoms. The summed E-state index contributed by atoms with van der Waals surface area (Å²) >= 11 is 0. The highest BCUT2D eigenvalue weighted by molar-refractivity contribution is 7.92. The van der Waals surface area contributed by atoms with E-state index in [2.05, 4.69) is 52.2 Å². The molecule has 246 valence electrons. The van der Waals surface area contributed by atoms with Gasteiger partial charge in [0.15, 0.2) is 32.2 Å². The summed E-state index contributed by atoms with van der Waals surface area (Å²) in [4.78, 5) is 12.8. The summed E-state index contributed by atoms with van der Waals surface area (Å²) in [6, 6.07) is 10.9. The molecule has 4 rings (SSSR count). The van der Waals surface area contributed by atoms with Crippen LogP contribution >= 0.6 is 0 Å². The van der Waals surface area contributed by atoms with Gasteiger partial charge in [0.05, 0.1) is 29.1 Å². The van der Waals surface area contributed by atoms with Crippen LogP contribution in [0.1, 0.15) is 25.0 Å². The number of anilines is 3. The second kappa shape index (κ2) is 14.9. The van der Waals surface area contributed by atoms with Gasteiger partial charge in [0, 0.05) is 25.9 Å². The highest BCUT2D eigenvalue weighted by Gasteiger charge is 2.29. The third-order valence-corrected chi connectivity index (χ3v) is 9.48. The molecule has 1 atom stereocenters. The summed E-state index contributed by atoms with van der Waals surface area (Å²) in [6.45, 7) is 9.26. The summed E-state index contributed by atoms with van der Waals surface area (Å²) in [5, 5.41) is 28.4. The predicted octanol–water partition coefficient (Wildman–Crippen LogP) is 4.29. The fraction of sp³-hybridized carbons (Fsp3) is 0.276. The van der Waals surface area contributed by atoms with Crippen LogP contribution in [0.3, 0.4) is 0 Å². The van der Waals surface area contributed by atoms with Crippen LogP contribution in [0, 0.1) is 18.3 Å². The van der Waals surface area contributed by atoms with Crippen LogP contribution in [-0.4, -0.2) is 73.6 Å². The third kappa shape index (κ3) is 8.13. The van der Waals surface area contributed by atoms with Gasteiger partial charge in [-0.05, 0) is 38.1 Å². The summed E-state index contributed by atoms with van der Waals surface area (Å²) in [5.74, 6) is -0.856. The molecule has 3 N–H and O–H groups in total. The minimum atomic E-state index is -4.20. The van der Waals surface area contributed by atoms with E-state index >= 15 is 0 Å². The molecule has 4 aromatic rings. The molecule has 0 spiro atoms. The number of rotatable bonds is 15. The summed E-state index contributed by atoms with van der Waals surface area (Å²) in [7, 11) is -6.67. The van der Waals surface area contributed by atoms with Gasteiger partial charge in [-0.15, -0.1) is 21.9 Å². The molecule has 18 heteroatoms. The molecule has 0 aliphatic carbocycles. The molecular weight excluding hydrogens is 647 g/mol. The minimum Gasteiger partial charge on any atom is -0.383 e. The van der Waals surface area contributed by atoms with Crippen molar-refractivity contribution in [1.29, 1.82) is 5.26 Å². The van der Waals surface area contributed by atoms with Gasteiger partial charge in [-0.1, -0.05) is 30.7 Å². The molecule has 0 radical (unpaired) electrons. The van der Waals surface area contributed by atoms with Crippen LogP contribution in [-0.2, 0) is 24.6 Å². The number of nitrogens with one attached hydrogen (secondary N) is 3. The number of nitriles is 1. The zero-order chi connectivity index (χ0) is 34.2. The SMILES string of the molecule is C=CCNc1nc(NC(C)COC)nc(NS(=O)(=O)c2ccc(C)cc2)c1N=Nc1nn(-c2cccnc2)c(S(=O)(=O)CC)c1C#N. The Morgan fingerprint density at radius 2 is 1.85 bits per heavy atom. The Bertz CT molecular complexity index is 2030. The zero-order valence-electron chi connectivity index (χ0n) is 26.0. The van der Waals surface area contributed by atoms with Crippen molar-refractivity contribution >= 4 is 48.9 Å². The maximum Gasteiger partial charge on any atom is 0.263 e. The van der Waals surface area contributed by atoms with Crippen molar-refractivity contribution in [2.75, 3.05) is 41.4 Å². The topological polar surface area (TPSA) is 219 Å². The lowest BCUT2D eigenvalue weighted by Crippen LogP contribution is -2.23. The molecule has 1 aromatic carbocycles. The van der Waals surface area contributed by atoms with Crippen molar-refractivity contribution in [3.05, 3.63) is 72.6 Å². The van der Waals surface area contributed by atoms with Gasteiger partial charge in [-0.25, -0.2) is 21.5 Å². The Labute approximate surface area is 272 Å². The number of nitrogens with zero attached hydrogens (tertiary/aromatic N) is 8. The van der Waals surface area contributed by atoms with Crippen LogP contribution in [0.15, 0.2) is 81.6 Å². The second-order valence-electron chi connectivity index (χ2n) is 10.0. The van der Waals surface area contributed by atoms with Crippen LogP contribution < -0.4 is 15.4 Å². The summed E-state index contributed by atoms with van der Waals surface area (Å²) < 4.78 is 62.0. The first kappa shape index (κ1) is 34.6. The Kier molecular flexibility index (Phi) is 11.0. The number of hydrogen-bond donors (Lipinski definition) is 3. The molecule has 0 aliphatic heterocycles. The molecule has 1 unspecified atom stereocenters. The average Bonchev–Trinajstić information content (AvgIpc) is 3.43. The van der Waals surface area contributed by atoms with E-state index in [0.717, 1.165) is 10.2 Å². The molecule has 0 saturated heterocycles. The number of hydrogen-bond acceptors (Lipinski definition) is 14. The smallest absolute Gasteiger partial charge is 0.263 e. The lowest BCUT2D eigenvalue weighted by Gasteiger charge is -2.17. The maximum absolute atomic E-state index is 13.5. The fourth-order valence-corrected chi connectivity index (χ4v) is 6.27. The van der Waals surface area contributed by atoms with Crippen LogP contribution in [0.4, 0.5) is 29.1 Å². The monoisotopic (exact) mass is 679 g/mol. The first-order valence-electron chi connectivity index (χ1n) is 14.1. The largest absolute Gasteiger partial charge is 0.383 e. The van der Waals surface area contributed by atoms with Crippen molar-refractivity contribution < 1.29 is 21.6 Å². The molecule has 3 heterocycles. The number of sulfone groups is 1. The van der Waals surface area contributed by atoms with Crippen molar-refractivity contribution in [3.8, 4) is 11.8 Å². The van der Waals surface area contributed by atoms with Crippen molar-refractivity contribution in [3.63, 3.8) is 0 Å². The molecule has 0 fully saturated rings. The molecular formula is C29H33N11O5S2. The Balaban J connectivity index is 1.93. The molecule has 0 aliphatic rings. The van der Waals surface area contributed by atoms with Crippen LogP contribution in [0.25, 0.3) is 5.69 Å². The van der Waals surface area contributed by atoms with E-state index in [9.17, 15) is 22.1 Å². The zero-order valence-corrected chi connectivity index (χ0v) is 27.7. The van der Waals surface area contributed by atoms with Crippen LogP contribution in [0.2, 0.25) is 0 Å². The van der Waals surface area contributed by atoms with E-state index in [-0.39, 0.29) is 63.6 Å². The van der Waals surface area contributed by atoms with E-state index in [1.807, 2.05) is 19.9 Å². The highest BCUT2D eigenvalue weighted by atomic mass is 32.2. The molecule has 3 aromatic heterocycles. The van der Waals surface area contributed by atoms with Crippen molar-refractivity contribution in [1.82, 2.24) is 24.7 Å². The van der Waals surface area contributed by atoms with E-state index in [1.54, 1.807) is 30.3 Å². The van der Waals surface area contributed by atoms with Gasteiger partial charge in [0.25, 0.3) is 10.0 Å². The van der Waals surface area contributed by atoms with E-state index in [4.69, 9.17) is 4.74 Å². The Morgan fingerprint density at radius 3 is 2.47 bits per heavy atom. The van der Waals surface area contributed by atoms with Gasteiger partial charge in [-0.2, -0.15) is 15.2 Å². The molecule has 47 heavy (non-hydrogen) atoms. The number of azo groups is 1. The van der Waals surface area contributed by atoms with E-state index in [0.29, 0.717) is 6.61 Å². The van der Waals surface area contributed by atoms with E-state index < -0.39 is 24.9 Å². The first-order valence-corrected chi connectivity index (χ1v) is 17.3. The van der Waals surface area contributed by atoms with Gasteiger partial charge in [0.1, 0.15) is 11.6 Å². The normalized spacial score (nSPS) is 12.4. The quantitative estimate of drug-likeness (QED) is 0.118. The van der Waals surface area contributed by atoms with Crippen molar-refractivity contribution in [2.24, 2.45) is 10.2 Å². The average molecular weight is 680 g/mol. The van der Waals surface area contributed by atoms with Crippen LogP contribution in [0.5, 0.6) is 0 Å². The highest BCUT2D eigenvalue weighted by Crippen LogP contribution is 2.36. The second-order valence-corrected chi connectivity index (χ2v) is 13.9. The third-order valence-electron chi connectivity index (χ3n) is 6.40. The maximum atomic E-state index is 13.5. The number of aromatic nitrogens is 5. The Morgan fingerprint density at radius 1 is 1.13 bits per heavy atom. The number of methoxy groups -OCH3 is 1. The predicted molar refractivity (Wildman–Crippen MR) is 176 cm³/mol. The van der Waals surface area contributed by atoms with Crippen molar-refractivity contribution in [2.45, 2.75) is 36.7 Å². The van der Waals surface area contributed by atoms with E-state index in [1.165, 1.54) is 38.6 Å². The lowest BCUT2D eigenvalue weighted by atomic mass is 10.2. The lowest BCUT2D eigenvalue weighted by molar-refractivity contribution is 0.190. The molecule has 0 amide bonds. The Hall–Kier alpha value is -5.25. The van der Waals surface area contributed by atoms with Gasteiger partial charge < -0.3 is 15.4 Å². The minimum absolute atomic E-state index is 0.0381. The first-order chi connectivity index (χ1) is 22.4. The fourth-order valence-electron chi connectivity index (χ4n) is 4.13. The molecule has 0 saturated carbocycles. The molecule has 16 nitrogen and oxygen atoms in total. The number of pyridine rings is 1. The number of benzene rings is 1. The summed E-state index contributed by atoms with van der Waals surface area (Å²) in [6.07, 6.45) is 4.42. The number of aryl methyl sites for hydroxylation is 1. The summed E-state index contributed by atoms with van der Waals surface area (Å²) in [5.41, 5.74) is 0.585. The standard InChI is InChI=1S/C29H33N11O5S2/c1-6-14-32-26-24(36-37-25-23(16-30)28(46(41,42)7-2)40(38-25)21-9-8-15-31-17-21)27(35-29(34-26)33-20(4)18-45-5)39-47(43,44)22-12-10-19(3)11-13-22/h6,8-13,15,17,20H,1,7,14,18H2,2-5H3,(H3,32,33,34,35,39). The number of sulfonamides is 1. The van der Waals surface area contributed by atoms with Gasteiger partial charge in [-0.3, -0.25) is 9.71 Å². The number of ether oxygens (including phenoxy) is 1.